The molecule has 3 rings (SSSR count). The molecule has 0 aromatic heterocycles. The molecule has 1 atom stereocenters. The van der Waals surface area contributed by atoms with Crippen LogP contribution < -0.4 is 41.4 Å². The second-order valence-corrected chi connectivity index (χ2v) is 5.77. The molecule has 27 heavy (non-hydrogen) atoms. The van der Waals surface area contributed by atoms with Gasteiger partial charge in [-0.2, -0.15) is 0 Å². The third-order valence-electron chi connectivity index (χ3n) is 4.02. The molecule has 0 aliphatic carbocycles. The predicted octanol–water partition coefficient (Wildman–Crippen LogP) is -1.37. The van der Waals surface area contributed by atoms with Gasteiger partial charge in [-0.05, 0) is 24.3 Å². The third kappa shape index (κ3) is 5.08. The summed E-state index contributed by atoms with van der Waals surface area (Å²) >= 11 is 0. The molecule has 0 saturated heterocycles. The van der Waals surface area contributed by atoms with Gasteiger partial charge in [0.05, 0.1) is 14.2 Å². The van der Waals surface area contributed by atoms with Crippen LogP contribution in [0.1, 0.15) is 0 Å². The van der Waals surface area contributed by atoms with Gasteiger partial charge in [-0.1, -0.05) is 12.1 Å². The van der Waals surface area contributed by atoms with Crippen LogP contribution in [0.3, 0.4) is 0 Å². The number of hydrogen-bond donors (Lipinski definition) is 1. The van der Waals surface area contributed by atoms with E-state index >= 15 is 0 Å². The maximum atomic E-state index is 13.8. The topological polar surface area (TPSA) is 62.8 Å². The average molecular weight is 400 g/mol. The molecule has 0 bridgehead atoms. The van der Waals surface area contributed by atoms with E-state index in [1.165, 1.54) is 6.07 Å². The second-order valence-electron chi connectivity index (χ2n) is 5.77. The van der Waals surface area contributed by atoms with Crippen LogP contribution in [0, 0.1) is 5.82 Å². The van der Waals surface area contributed by atoms with Gasteiger partial charge in [-0.25, -0.2) is 4.39 Å². The first-order valence-electron chi connectivity index (χ1n) is 8.46. The Labute approximate surface area is 163 Å². The molecule has 2 aromatic carbocycles. The van der Waals surface area contributed by atoms with Gasteiger partial charge in [0.25, 0.3) is 0 Å². The number of hydrogen-bond acceptors (Lipinski definition) is 5. The van der Waals surface area contributed by atoms with Crippen LogP contribution in [-0.4, -0.2) is 46.6 Å². The summed E-state index contributed by atoms with van der Waals surface area (Å²) in [6, 6.07) is 10.2. The highest BCUT2D eigenvalue weighted by molar-refractivity contribution is 5.51. The van der Waals surface area contributed by atoms with Crippen LogP contribution in [0.4, 0.5) is 4.39 Å². The van der Waals surface area contributed by atoms with Gasteiger partial charge in [0.2, 0.25) is 5.75 Å². The van der Waals surface area contributed by atoms with Gasteiger partial charge in [0.15, 0.2) is 34.9 Å². The number of halogens is 2. The first-order chi connectivity index (χ1) is 12.7. The van der Waals surface area contributed by atoms with Crippen molar-refractivity contribution >= 4 is 0 Å². The SMILES string of the molecule is COc1cccc(OC)c1OCC[NH2+]C[C@@H]1COc2cccc(F)c2O1.[Cl-]. The number of rotatable bonds is 8. The van der Waals surface area contributed by atoms with Gasteiger partial charge in [0.1, 0.15) is 26.3 Å². The van der Waals surface area contributed by atoms with Crippen LogP contribution in [0.25, 0.3) is 0 Å². The number of fused-ring (bicyclic) bond motifs is 1. The van der Waals surface area contributed by atoms with E-state index < -0.39 is 5.82 Å². The largest absolute Gasteiger partial charge is 1.00 e. The van der Waals surface area contributed by atoms with Gasteiger partial charge in [0, 0.05) is 0 Å². The van der Waals surface area contributed by atoms with Crippen LogP contribution in [0.5, 0.6) is 28.7 Å². The molecule has 0 unspecified atom stereocenters. The summed E-state index contributed by atoms with van der Waals surface area (Å²) in [5.41, 5.74) is 0. The molecular formula is C19H23ClFNO5. The zero-order valence-corrected chi connectivity index (χ0v) is 16.0. The molecule has 1 heterocycles. The summed E-state index contributed by atoms with van der Waals surface area (Å²) in [5, 5.41) is 2.04. The first kappa shape index (κ1) is 20.9. The van der Waals surface area contributed by atoms with E-state index in [4.69, 9.17) is 23.7 Å². The summed E-state index contributed by atoms with van der Waals surface area (Å²) < 4.78 is 41.4. The lowest BCUT2D eigenvalue weighted by Gasteiger charge is -2.25. The minimum atomic E-state index is -0.404. The Balaban J connectivity index is 0.00000261. The molecular weight excluding hydrogens is 377 g/mol. The molecule has 0 spiro atoms. The van der Waals surface area contributed by atoms with Crippen molar-refractivity contribution in [3.05, 3.63) is 42.2 Å². The number of methoxy groups -OCH3 is 2. The van der Waals surface area contributed by atoms with E-state index in [0.29, 0.717) is 49.3 Å². The van der Waals surface area contributed by atoms with Crippen molar-refractivity contribution in [3.8, 4) is 28.7 Å². The summed E-state index contributed by atoms with van der Waals surface area (Å²) in [6.07, 6.45) is -0.208. The van der Waals surface area contributed by atoms with Gasteiger partial charge in [-0.3, -0.25) is 0 Å². The number of nitrogens with two attached hydrogens (primary N) is 1. The lowest BCUT2D eigenvalue weighted by molar-refractivity contribution is -0.661. The molecule has 8 heteroatoms. The van der Waals surface area contributed by atoms with Crippen molar-refractivity contribution in [2.24, 2.45) is 0 Å². The molecule has 0 radical (unpaired) electrons. The van der Waals surface area contributed by atoms with E-state index in [9.17, 15) is 4.39 Å². The number of para-hydroxylation sites is 2. The Morgan fingerprint density at radius 2 is 1.81 bits per heavy atom. The minimum Gasteiger partial charge on any atom is -1.00 e. The van der Waals surface area contributed by atoms with Crippen molar-refractivity contribution in [1.29, 1.82) is 0 Å². The van der Waals surface area contributed by atoms with Gasteiger partial charge in [-0.15, -0.1) is 0 Å². The van der Waals surface area contributed by atoms with Crippen molar-refractivity contribution in [2.75, 3.05) is 40.5 Å². The Bertz CT molecular complexity index is 724. The fourth-order valence-electron chi connectivity index (χ4n) is 2.72. The molecule has 0 fully saturated rings. The lowest BCUT2D eigenvalue weighted by Crippen LogP contribution is -3.00. The quantitative estimate of drug-likeness (QED) is 0.555. The summed E-state index contributed by atoms with van der Waals surface area (Å²) in [7, 11) is 3.18. The van der Waals surface area contributed by atoms with Crippen molar-refractivity contribution in [3.63, 3.8) is 0 Å². The van der Waals surface area contributed by atoms with E-state index in [2.05, 4.69) is 0 Å². The van der Waals surface area contributed by atoms with E-state index in [1.807, 2.05) is 23.5 Å². The molecule has 6 nitrogen and oxygen atoms in total. The summed E-state index contributed by atoms with van der Waals surface area (Å²) in [5.74, 6) is 2.07. The van der Waals surface area contributed by atoms with Crippen molar-refractivity contribution in [1.82, 2.24) is 0 Å². The summed E-state index contributed by atoms with van der Waals surface area (Å²) in [4.78, 5) is 0. The number of benzene rings is 2. The van der Waals surface area contributed by atoms with E-state index in [-0.39, 0.29) is 24.3 Å². The molecule has 1 aliphatic heterocycles. The molecule has 148 valence electrons. The highest BCUT2D eigenvalue weighted by Crippen LogP contribution is 2.36. The smallest absolute Gasteiger partial charge is 0.203 e. The standard InChI is InChI=1S/C19H22FNO5.ClH/c1-22-15-6-4-7-16(23-2)19(15)24-10-9-21-11-13-12-25-17-8-3-5-14(20)18(17)26-13;/h3-8,13,21H,9-12H2,1-2H3;1H/t13-;/m1./s1. The zero-order valence-electron chi connectivity index (χ0n) is 15.2. The lowest BCUT2D eigenvalue weighted by atomic mass is 10.2. The maximum Gasteiger partial charge on any atom is 0.203 e. The monoisotopic (exact) mass is 399 g/mol. The fraction of sp³-hybridized carbons (Fsp3) is 0.368. The minimum absolute atomic E-state index is 0. The van der Waals surface area contributed by atoms with E-state index in [1.54, 1.807) is 26.4 Å². The first-order valence-corrected chi connectivity index (χ1v) is 8.46. The molecule has 1 aliphatic rings. The Hall–Kier alpha value is -2.38. The van der Waals surface area contributed by atoms with Gasteiger partial charge >= 0.3 is 0 Å². The molecule has 2 N–H and O–H groups in total. The van der Waals surface area contributed by atoms with Crippen LogP contribution in [-0.2, 0) is 0 Å². The molecule has 0 saturated carbocycles. The van der Waals surface area contributed by atoms with Crippen LogP contribution in [0.2, 0.25) is 0 Å². The Morgan fingerprint density at radius 1 is 1.11 bits per heavy atom. The Kier molecular flexibility index (Phi) is 7.82. The predicted molar refractivity (Wildman–Crippen MR) is 93.0 cm³/mol. The number of ether oxygens (including phenoxy) is 5. The van der Waals surface area contributed by atoms with E-state index in [0.717, 1.165) is 0 Å². The second kappa shape index (κ2) is 10.1. The van der Waals surface area contributed by atoms with Crippen molar-refractivity contribution < 1.29 is 45.8 Å². The normalized spacial score (nSPS) is 14.9. The van der Waals surface area contributed by atoms with Gasteiger partial charge < -0.3 is 41.4 Å². The maximum absolute atomic E-state index is 13.8. The Morgan fingerprint density at radius 3 is 2.52 bits per heavy atom. The highest BCUT2D eigenvalue weighted by atomic mass is 35.5. The molecule has 2 aromatic rings. The summed E-state index contributed by atoms with van der Waals surface area (Å²) in [6.45, 7) is 2.20. The van der Waals surface area contributed by atoms with Crippen LogP contribution in [0.15, 0.2) is 36.4 Å². The molecule has 0 amide bonds. The fourth-order valence-corrected chi connectivity index (χ4v) is 2.72. The number of quaternary nitrogens is 1. The average Bonchev–Trinajstić information content (AvgIpc) is 2.68. The highest BCUT2D eigenvalue weighted by Gasteiger charge is 2.24. The van der Waals surface area contributed by atoms with Crippen LogP contribution >= 0.6 is 0 Å². The third-order valence-corrected chi connectivity index (χ3v) is 4.02. The zero-order chi connectivity index (χ0) is 18.4. The van der Waals surface area contributed by atoms with Crippen molar-refractivity contribution in [2.45, 2.75) is 6.10 Å².